The van der Waals surface area contributed by atoms with Crippen molar-refractivity contribution in [2.24, 2.45) is 7.05 Å². The minimum Gasteiger partial charge on any atom is -0.497 e. The largest absolute Gasteiger partial charge is 0.497 e. The lowest BCUT2D eigenvalue weighted by Gasteiger charge is -2.20. The van der Waals surface area contributed by atoms with Crippen molar-refractivity contribution in [1.29, 1.82) is 0 Å². The second-order valence-electron chi connectivity index (χ2n) is 13.9. The maximum Gasteiger partial charge on any atom is 0.408 e. The molecule has 2 amide bonds. The standard InChI is InChI=1S/C44H46N8O9/c1-8-52-40(41(26(2)49-52)60-25-27-12-10-9-11-13-27)43-48-39(37(61-43)24-51(44(54)55)23-29-15-17-31(57-5)19-36(29)59-7)38-32-22-46-50(3)34(32)20-33(47-38)42(53)45-21-28-14-16-30(56-4)18-35(28)58-6/h9-20,22H,8,21,23-25H2,1-7H3,(H,45,53)(H,54,55). The molecule has 7 aromatic rings. The highest BCUT2D eigenvalue weighted by atomic mass is 16.5. The minimum atomic E-state index is -1.23. The van der Waals surface area contributed by atoms with Crippen LogP contribution < -0.4 is 29.0 Å². The van der Waals surface area contributed by atoms with Gasteiger partial charge in [-0.05, 0) is 49.7 Å². The van der Waals surface area contributed by atoms with E-state index in [0.29, 0.717) is 63.1 Å². The summed E-state index contributed by atoms with van der Waals surface area (Å²) in [4.78, 5) is 38.1. The molecule has 0 saturated carbocycles. The molecule has 61 heavy (non-hydrogen) atoms. The quantitative estimate of drug-likeness (QED) is 0.0952. The van der Waals surface area contributed by atoms with Crippen molar-refractivity contribution in [2.45, 2.75) is 46.6 Å². The predicted octanol–water partition coefficient (Wildman–Crippen LogP) is 7.04. The number of amides is 2. The number of benzene rings is 3. The summed E-state index contributed by atoms with van der Waals surface area (Å²) >= 11 is 0. The van der Waals surface area contributed by atoms with E-state index in [1.54, 1.807) is 79.3 Å². The molecular weight excluding hydrogens is 785 g/mol. The number of aromatic nitrogens is 6. The number of nitrogens with one attached hydrogen (secondary N) is 1. The molecule has 4 aromatic heterocycles. The number of carbonyl (C=O) groups excluding carboxylic acids is 1. The van der Waals surface area contributed by atoms with E-state index in [2.05, 4.69) is 10.4 Å². The minimum absolute atomic E-state index is 0.0634. The number of carbonyl (C=O) groups is 2. The summed E-state index contributed by atoms with van der Waals surface area (Å²) in [7, 11) is 7.89. The molecule has 4 heterocycles. The summed E-state index contributed by atoms with van der Waals surface area (Å²) in [6.45, 7) is 4.22. The van der Waals surface area contributed by atoms with E-state index in [1.807, 2.05) is 44.2 Å². The van der Waals surface area contributed by atoms with E-state index in [4.69, 9.17) is 43.2 Å². The molecule has 0 aliphatic carbocycles. The Morgan fingerprint density at radius 1 is 0.852 bits per heavy atom. The van der Waals surface area contributed by atoms with Crippen molar-refractivity contribution >= 4 is 22.9 Å². The van der Waals surface area contributed by atoms with Gasteiger partial charge in [-0.25, -0.2) is 14.8 Å². The number of ether oxygens (including phenoxy) is 5. The molecule has 0 radical (unpaired) electrons. The van der Waals surface area contributed by atoms with Crippen molar-refractivity contribution in [3.63, 3.8) is 0 Å². The van der Waals surface area contributed by atoms with Gasteiger partial charge in [0.15, 0.2) is 17.2 Å². The molecule has 17 nitrogen and oxygen atoms in total. The second kappa shape index (κ2) is 18.1. The molecule has 316 valence electrons. The van der Waals surface area contributed by atoms with Crippen LogP contribution in [0.2, 0.25) is 0 Å². The number of fused-ring (bicyclic) bond motifs is 1. The molecule has 7 rings (SSSR count). The van der Waals surface area contributed by atoms with Gasteiger partial charge in [-0.1, -0.05) is 30.3 Å². The van der Waals surface area contributed by atoms with Crippen LogP contribution in [0.3, 0.4) is 0 Å². The predicted molar refractivity (Wildman–Crippen MR) is 224 cm³/mol. The number of nitrogens with zero attached hydrogens (tertiary/aromatic N) is 7. The first-order valence-electron chi connectivity index (χ1n) is 19.3. The fraction of sp³-hybridized carbons (Fsp3) is 0.273. The summed E-state index contributed by atoms with van der Waals surface area (Å²) < 4.78 is 38.2. The first-order chi connectivity index (χ1) is 29.5. The lowest BCUT2D eigenvalue weighted by molar-refractivity contribution is 0.0945. The lowest BCUT2D eigenvalue weighted by Crippen LogP contribution is -2.28. The van der Waals surface area contributed by atoms with Crippen LogP contribution in [0, 0.1) is 6.92 Å². The third-order valence-electron chi connectivity index (χ3n) is 10.1. The van der Waals surface area contributed by atoms with Gasteiger partial charge in [0.2, 0.25) is 5.89 Å². The van der Waals surface area contributed by atoms with Gasteiger partial charge >= 0.3 is 6.09 Å². The van der Waals surface area contributed by atoms with Crippen molar-refractivity contribution in [3.8, 4) is 51.7 Å². The number of rotatable bonds is 17. The summed E-state index contributed by atoms with van der Waals surface area (Å²) in [5.41, 5.74) is 4.39. The number of methoxy groups -OCH3 is 4. The van der Waals surface area contributed by atoms with Crippen LogP contribution in [0.1, 0.15) is 45.6 Å². The molecule has 0 aliphatic heterocycles. The van der Waals surface area contributed by atoms with E-state index in [1.165, 1.54) is 19.1 Å². The van der Waals surface area contributed by atoms with Gasteiger partial charge in [0, 0.05) is 48.8 Å². The van der Waals surface area contributed by atoms with Crippen molar-refractivity contribution in [2.75, 3.05) is 28.4 Å². The molecule has 3 aromatic carbocycles. The number of pyridine rings is 1. The molecule has 17 heteroatoms. The van der Waals surface area contributed by atoms with Gasteiger partial charge in [-0.2, -0.15) is 10.2 Å². The molecule has 0 unspecified atom stereocenters. The molecule has 0 bridgehead atoms. The first-order valence-corrected chi connectivity index (χ1v) is 19.3. The summed E-state index contributed by atoms with van der Waals surface area (Å²) in [5, 5.41) is 23.3. The summed E-state index contributed by atoms with van der Waals surface area (Å²) in [5.74, 6) is 2.38. The SMILES string of the molecule is CCn1nc(C)c(OCc2ccccc2)c1-c1nc(-c2nc(C(=O)NCc3ccc(OC)cc3OC)cc3c2cnn3C)c(CN(Cc2ccc(OC)cc2OC)C(=O)O)o1. The molecule has 0 atom stereocenters. The zero-order chi connectivity index (χ0) is 43.2. The van der Waals surface area contributed by atoms with Crippen LogP contribution in [0.25, 0.3) is 33.9 Å². The highest BCUT2D eigenvalue weighted by Gasteiger charge is 2.30. The Bertz CT molecular complexity index is 2690. The number of hydrogen-bond donors (Lipinski definition) is 2. The number of carboxylic acid groups (broad SMARTS) is 1. The molecule has 2 N–H and O–H groups in total. The van der Waals surface area contributed by atoms with Gasteiger partial charge in [0.1, 0.15) is 52.4 Å². The van der Waals surface area contributed by atoms with Gasteiger partial charge in [-0.15, -0.1) is 0 Å². The molecule has 0 spiro atoms. The smallest absolute Gasteiger partial charge is 0.408 e. The molecule has 0 fully saturated rings. The fourth-order valence-corrected chi connectivity index (χ4v) is 6.91. The van der Waals surface area contributed by atoms with E-state index < -0.39 is 12.0 Å². The Morgan fingerprint density at radius 3 is 2.20 bits per heavy atom. The van der Waals surface area contributed by atoms with Gasteiger partial charge in [-0.3, -0.25) is 19.1 Å². The molecular formula is C44H46N8O9. The third-order valence-corrected chi connectivity index (χ3v) is 10.1. The van der Waals surface area contributed by atoms with Crippen LogP contribution >= 0.6 is 0 Å². The Morgan fingerprint density at radius 2 is 1.54 bits per heavy atom. The van der Waals surface area contributed by atoms with Crippen LogP contribution in [-0.2, 0) is 39.8 Å². The number of oxazole rings is 1. The highest BCUT2D eigenvalue weighted by molar-refractivity contribution is 6.00. The summed E-state index contributed by atoms with van der Waals surface area (Å²) in [6.07, 6.45) is 0.385. The Balaban J connectivity index is 1.34. The lowest BCUT2D eigenvalue weighted by atomic mass is 10.1. The van der Waals surface area contributed by atoms with Gasteiger partial charge in [0.05, 0.1) is 53.2 Å². The van der Waals surface area contributed by atoms with Crippen molar-refractivity contribution < 1.29 is 42.8 Å². The fourth-order valence-electron chi connectivity index (χ4n) is 6.91. The van der Waals surface area contributed by atoms with E-state index >= 15 is 0 Å². The third kappa shape index (κ3) is 8.76. The normalized spacial score (nSPS) is 11.1. The maximum atomic E-state index is 14.0. The van der Waals surface area contributed by atoms with Crippen molar-refractivity contribution in [1.82, 2.24) is 39.7 Å². The number of hydrogen-bond acceptors (Lipinski definition) is 12. The monoisotopic (exact) mass is 830 g/mol. The Kier molecular flexibility index (Phi) is 12.4. The zero-order valence-corrected chi connectivity index (χ0v) is 34.9. The van der Waals surface area contributed by atoms with Gasteiger partial charge in [0.25, 0.3) is 5.91 Å². The van der Waals surface area contributed by atoms with Crippen LogP contribution in [0.4, 0.5) is 4.79 Å². The maximum absolute atomic E-state index is 14.0. The van der Waals surface area contributed by atoms with E-state index in [-0.39, 0.29) is 55.0 Å². The summed E-state index contributed by atoms with van der Waals surface area (Å²) in [6, 6.07) is 21.8. The van der Waals surface area contributed by atoms with Crippen LogP contribution in [0.5, 0.6) is 28.7 Å². The Hall–Kier alpha value is -7.56. The van der Waals surface area contributed by atoms with E-state index in [0.717, 1.165) is 11.1 Å². The molecule has 0 aliphatic rings. The molecule has 0 saturated heterocycles. The van der Waals surface area contributed by atoms with Crippen LogP contribution in [-0.4, -0.2) is 80.0 Å². The number of aryl methyl sites for hydroxylation is 3. The average molecular weight is 831 g/mol. The topological polar surface area (TPSA) is 190 Å². The Labute approximate surface area is 351 Å². The van der Waals surface area contributed by atoms with E-state index in [9.17, 15) is 14.7 Å². The highest BCUT2D eigenvalue weighted by Crippen LogP contribution is 2.39. The zero-order valence-electron chi connectivity index (χ0n) is 34.9. The van der Waals surface area contributed by atoms with Crippen molar-refractivity contribution in [3.05, 3.63) is 113 Å². The average Bonchev–Trinajstić information content (AvgIpc) is 3.98. The first kappa shape index (κ1) is 41.6. The second-order valence-corrected chi connectivity index (χ2v) is 13.9. The van der Waals surface area contributed by atoms with Gasteiger partial charge < -0.3 is 38.5 Å². The van der Waals surface area contributed by atoms with Crippen LogP contribution in [0.15, 0.2) is 83.4 Å².